The average molecular weight is 365 g/mol. The van der Waals surface area contributed by atoms with Gasteiger partial charge in [-0.25, -0.2) is 30.4 Å². The first-order valence-corrected chi connectivity index (χ1v) is 8.18. The van der Waals surface area contributed by atoms with Crippen molar-refractivity contribution in [1.82, 2.24) is 0 Å². The van der Waals surface area contributed by atoms with Crippen molar-refractivity contribution in [3.63, 3.8) is 0 Å². The minimum Gasteiger partial charge on any atom is -0.274 e. The highest BCUT2D eigenvalue weighted by molar-refractivity contribution is 7.92. The van der Waals surface area contributed by atoms with Crippen LogP contribution in [0.2, 0.25) is 0 Å². The molecule has 0 fully saturated rings. The van der Waals surface area contributed by atoms with Gasteiger partial charge in [0.25, 0.3) is 10.0 Å². The first-order chi connectivity index (χ1) is 11.1. The zero-order chi connectivity index (χ0) is 18.2. The average Bonchev–Trinajstić information content (AvgIpc) is 2.55. The van der Waals surface area contributed by atoms with Crippen LogP contribution >= 0.6 is 0 Å². The van der Waals surface area contributed by atoms with Crippen molar-refractivity contribution in [3.05, 3.63) is 58.9 Å². The molecule has 0 aliphatic rings. The number of anilines is 1. The summed E-state index contributed by atoms with van der Waals surface area (Å²) in [6, 6.07) is 5.31. The third kappa shape index (κ3) is 3.21. The maximum Gasteiger partial charge on any atom is 0.262 e. The van der Waals surface area contributed by atoms with Crippen LogP contribution in [-0.2, 0) is 10.0 Å². The van der Waals surface area contributed by atoms with E-state index in [1.54, 1.807) is 0 Å². The number of hydrogen-bond donors (Lipinski definition) is 1. The van der Waals surface area contributed by atoms with Gasteiger partial charge in [-0.3, -0.25) is 4.72 Å². The topological polar surface area (TPSA) is 46.2 Å². The fourth-order valence-electron chi connectivity index (χ4n) is 1.92. The van der Waals surface area contributed by atoms with Crippen molar-refractivity contribution in [2.75, 3.05) is 4.72 Å². The standard InChI is InChI=1S/C15H12F5NO2S/c1-7(2)8-3-5-9(6-4-8)24(22,23)21-15-13(19)11(17)10(16)12(18)14(15)20/h3-7,21H,1-2H3. The van der Waals surface area contributed by atoms with Gasteiger partial charge in [0.05, 0.1) is 4.90 Å². The molecule has 2 rings (SSSR count). The molecule has 0 aromatic heterocycles. The summed E-state index contributed by atoms with van der Waals surface area (Å²) in [5.41, 5.74) is -0.815. The Morgan fingerprint density at radius 1 is 0.792 bits per heavy atom. The number of benzene rings is 2. The molecular weight excluding hydrogens is 353 g/mol. The fourth-order valence-corrected chi connectivity index (χ4v) is 2.98. The molecule has 1 N–H and O–H groups in total. The number of hydrogen-bond acceptors (Lipinski definition) is 2. The van der Waals surface area contributed by atoms with E-state index in [1.807, 2.05) is 13.8 Å². The molecule has 0 amide bonds. The van der Waals surface area contributed by atoms with Crippen LogP contribution in [0.15, 0.2) is 29.2 Å². The van der Waals surface area contributed by atoms with E-state index in [4.69, 9.17) is 0 Å². The molecular formula is C15H12F5NO2S. The van der Waals surface area contributed by atoms with Crippen LogP contribution in [0.3, 0.4) is 0 Å². The molecule has 0 spiro atoms. The van der Waals surface area contributed by atoms with E-state index in [2.05, 4.69) is 0 Å². The largest absolute Gasteiger partial charge is 0.274 e. The maximum atomic E-state index is 13.6. The van der Waals surface area contributed by atoms with Crippen molar-refractivity contribution >= 4 is 15.7 Å². The highest BCUT2D eigenvalue weighted by Crippen LogP contribution is 2.29. The van der Waals surface area contributed by atoms with E-state index >= 15 is 0 Å². The van der Waals surface area contributed by atoms with Crippen molar-refractivity contribution in [2.24, 2.45) is 0 Å². The maximum absolute atomic E-state index is 13.6. The molecule has 2 aromatic rings. The lowest BCUT2D eigenvalue weighted by Crippen LogP contribution is -2.17. The number of rotatable bonds is 4. The molecule has 9 heteroatoms. The van der Waals surface area contributed by atoms with Crippen LogP contribution in [-0.4, -0.2) is 8.42 Å². The van der Waals surface area contributed by atoms with Crippen molar-refractivity contribution < 1.29 is 30.4 Å². The summed E-state index contributed by atoms with van der Waals surface area (Å²) in [7, 11) is -4.53. The SMILES string of the molecule is CC(C)c1ccc(S(=O)(=O)Nc2c(F)c(F)c(F)c(F)c2F)cc1. The Morgan fingerprint density at radius 3 is 1.62 bits per heavy atom. The van der Waals surface area contributed by atoms with E-state index in [-0.39, 0.29) is 10.8 Å². The first kappa shape index (κ1) is 18.2. The van der Waals surface area contributed by atoms with E-state index in [0.717, 1.165) is 5.56 Å². The lowest BCUT2D eigenvalue weighted by molar-refractivity contribution is 0.382. The third-order valence-electron chi connectivity index (χ3n) is 3.30. The zero-order valence-corrected chi connectivity index (χ0v) is 13.3. The summed E-state index contributed by atoms with van der Waals surface area (Å²) in [5.74, 6) is -11.2. The van der Waals surface area contributed by atoms with Crippen molar-refractivity contribution in [1.29, 1.82) is 0 Å². The monoisotopic (exact) mass is 365 g/mol. The van der Waals surface area contributed by atoms with Gasteiger partial charge in [-0.05, 0) is 23.6 Å². The molecule has 130 valence electrons. The Morgan fingerprint density at radius 2 is 1.21 bits per heavy atom. The van der Waals surface area contributed by atoms with Gasteiger partial charge >= 0.3 is 0 Å². The van der Waals surface area contributed by atoms with Crippen LogP contribution in [0, 0.1) is 29.1 Å². The second kappa shape index (κ2) is 6.39. The normalized spacial score (nSPS) is 11.8. The van der Waals surface area contributed by atoms with Gasteiger partial charge in [-0.1, -0.05) is 26.0 Å². The van der Waals surface area contributed by atoms with Gasteiger partial charge in [-0.2, -0.15) is 0 Å². The van der Waals surface area contributed by atoms with Gasteiger partial charge in [0.15, 0.2) is 23.3 Å². The van der Waals surface area contributed by atoms with Gasteiger partial charge in [0.1, 0.15) is 5.69 Å². The van der Waals surface area contributed by atoms with Crippen molar-refractivity contribution in [3.8, 4) is 0 Å². The minimum absolute atomic E-state index is 0.116. The molecule has 0 saturated carbocycles. The van der Waals surface area contributed by atoms with Crippen LogP contribution < -0.4 is 4.72 Å². The van der Waals surface area contributed by atoms with E-state index in [1.165, 1.54) is 29.0 Å². The second-order valence-electron chi connectivity index (χ2n) is 5.27. The highest BCUT2D eigenvalue weighted by Gasteiger charge is 2.28. The molecule has 0 heterocycles. The molecule has 24 heavy (non-hydrogen) atoms. The molecule has 3 nitrogen and oxygen atoms in total. The third-order valence-corrected chi connectivity index (χ3v) is 4.67. The van der Waals surface area contributed by atoms with Crippen LogP contribution in [0.25, 0.3) is 0 Å². The lowest BCUT2D eigenvalue weighted by Gasteiger charge is -2.12. The minimum atomic E-state index is -4.53. The zero-order valence-electron chi connectivity index (χ0n) is 12.5. The van der Waals surface area contributed by atoms with Crippen LogP contribution in [0.1, 0.15) is 25.3 Å². The predicted molar refractivity (Wildman–Crippen MR) is 77.6 cm³/mol. The van der Waals surface area contributed by atoms with Crippen LogP contribution in [0.5, 0.6) is 0 Å². The lowest BCUT2D eigenvalue weighted by atomic mass is 10.0. The molecule has 0 saturated heterocycles. The number of sulfonamides is 1. The van der Waals surface area contributed by atoms with Crippen LogP contribution in [0.4, 0.5) is 27.6 Å². The van der Waals surface area contributed by atoms with E-state index < -0.39 is 44.8 Å². The van der Waals surface area contributed by atoms with Crippen molar-refractivity contribution in [2.45, 2.75) is 24.7 Å². The smallest absolute Gasteiger partial charge is 0.262 e. The highest BCUT2D eigenvalue weighted by atomic mass is 32.2. The van der Waals surface area contributed by atoms with Gasteiger partial charge < -0.3 is 0 Å². The van der Waals surface area contributed by atoms with E-state index in [9.17, 15) is 30.4 Å². The Kier molecular flexibility index (Phi) is 4.84. The summed E-state index contributed by atoms with van der Waals surface area (Å²) in [6.45, 7) is 3.74. The quantitative estimate of drug-likeness (QED) is 0.499. The predicted octanol–water partition coefficient (Wildman–Crippen LogP) is 4.31. The fraction of sp³-hybridized carbons (Fsp3) is 0.200. The Balaban J connectivity index is 2.47. The van der Waals surface area contributed by atoms with Gasteiger partial charge in [0.2, 0.25) is 5.82 Å². The molecule has 0 atom stereocenters. The van der Waals surface area contributed by atoms with Gasteiger partial charge in [0, 0.05) is 0 Å². The first-order valence-electron chi connectivity index (χ1n) is 6.70. The molecule has 0 bridgehead atoms. The Hall–Kier alpha value is -2.16. The molecule has 0 aliphatic heterocycles. The Labute approximate surface area is 135 Å². The summed E-state index contributed by atoms with van der Waals surface area (Å²) in [5, 5.41) is 0. The molecule has 0 unspecified atom stereocenters. The Bertz CT molecular complexity index is 851. The summed E-state index contributed by atoms with van der Waals surface area (Å²) >= 11 is 0. The number of halogens is 5. The summed E-state index contributed by atoms with van der Waals surface area (Å²) in [4.78, 5) is -0.379. The molecule has 0 radical (unpaired) electrons. The molecule has 2 aromatic carbocycles. The summed E-state index contributed by atoms with van der Waals surface area (Å²) in [6.07, 6.45) is 0. The second-order valence-corrected chi connectivity index (χ2v) is 6.96. The summed E-state index contributed by atoms with van der Waals surface area (Å²) < 4.78 is 92.0. The van der Waals surface area contributed by atoms with E-state index in [0.29, 0.717) is 0 Å². The van der Waals surface area contributed by atoms with Gasteiger partial charge in [-0.15, -0.1) is 0 Å². The molecule has 0 aliphatic carbocycles. The number of nitrogens with one attached hydrogen (secondary N) is 1.